The van der Waals surface area contributed by atoms with Gasteiger partial charge in [-0.3, -0.25) is 13.9 Å². The van der Waals surface area contributed by atoms with E-state index in [1.807, 2.05) is 27.7 Å². The lowest BCUT2D eigenvalue weighted by molar-refractivity contribution is -0.140. The van der Waals surface area contributed by atoms with E-state index in [9.17, 15) is 18.0 Å². The van der Waals surface area contributed by atoms with Crippen molar-refractivity contribution in [3.05, 3.63) is 93.5 Å². The smallest absolute Gasteiger partial charge is 0.264 e. The zero-order valence-electron chi connectivity index (χ0n) is 24.0. The van der Waals surface area contributed by atoms with Crippen LogP contribution in [0.15, 0.2) is 71.6 Å². The molecule has 0 saturated heterocycles. The Labute approximate surface area is 253 Å². The zero-order valence-corrected chi connectivity index (χ0v) is 26.4. The summed E-state index contributed by atoms with van der Waals surface area (Å²) in [5, 5.41) is 3.65. The molecule has 2 atom stereocenters. The molecule has 0 aromatic heterocycles. The highest BCUT2D eigenvalue weighted by molar-refractivity contribution is 7.92. The van der Waals surface area contributed by atoms with E-state index in [2.05, 4.69) is 5.32 Å². The fourth-order valence-corrected chi connectivity index (χ4v) is 6.19. The van der Waals surface area contributed by atoms with Gasteiger partial charge in [-0.2, -0.15) is 0 Å². The van der Waals surface area contributed by atoms with E-state index in [0.717, 1.165) is 16.3 Å². The van der Waals surface area contributed by atoms with E-state index in [1.54, 1.807) is 61.5 Å². The third kappa shape index (κ3) is 8.03. The van der Waals surface area contributed by atoms with Crippen molar-refractivity contribution >= 4 is 50.7 Å². The van der Waals surface area contributed by atoms with Crippen LogP contribution in [0.25, 0.3) is 0 Å². The molecule has 3 aromatic rings. The van der Waals surface area contributed by atoms with Crippen molar-refractivity contribution in [2.45, 2.75) is 71.0 Å². The molecule has 0 bridgehead atoms. The molecule has 10 heteroatoms. The largest absolute Gasteiger partial charge is 0.352 e. The summed E-state index contributed by atoms with van der Waals surface area (Å²) in [4.78, 5) is 29.0. The second-order valence-corrected chi connectivity index (χ2v) is 12.8. The van der Waals surface area contributed by atoms with Crippen LogP contribution in [-0.4, -0.2) is 43.8 Å². The number of hydrogen-bond donors (Lipinski definition) is 1. The molecule has 0 fully saturated rings. The maximum Gasteiger partial charge on any atom is 0.264 e. The molecule has 0 saturated carbocycles. The highest BCUT2D eigenvalue weighted by atomic mass is 35.5. The topological polar surface area (TPSA) is 86.8 Å². The number of carbonyl (C=O) groups excluding carboxylic acids is 2. The lowest BCUT2D eigenvalue weighted by Gasteiger charge is -2.34. The average molecular weight is 619 g/mol. The number of anilines is 1. The van der Waals surface area contributed by atoms with Crippen LogP contribution in [0.3, 0.4) is 0 Å². The van der Waals surface area contributed by atoms with Gasteiger partial charge in [0.2, 0.25) is 11.8 Å². The monoisotopic (exact) mass is 617 g/mol. The van der Waals surface area contributed by atoms with Crippen LogP contribution in [0, 0.1) is 13.8 Å². The summed E-state index contributed by atoms with van der Waals surface area (Å²) in [5.74, 6) is -0.833. The van der Waals surface area contributed by atoms with Crippen molar-refractivity contribution in [1.29, 1.82) is 0 Å². The van der Waals surface area contributed by atoms with Gasteiger partial charge in [-0.15, -0.1) is 0 Å². The fourth-order valence-electron chi connectivity index (χ4n) is 4.39. The van der Waals surface area contributed by atoms with Crippen LogP contribution in [0.2, 0.25) is 10.0 Å². The van der Waals surface area contributed by atoms with Gasteiger partial charge in [0.1, 0.15) is 12.6 Å². The summed E-state index contributed by atoms with van der Waals surface area (Å²) in [7, 11) is -4.14. The summed E-state index contributed by atoms with van der Waals surface area (Å²) in [6, 6.07) is 17.6. The molecule has 1 N–H and O–H groups in total. The number of aryl methyl sites for hydroxylation is 2. The molecule has 0 spiro atoms. The van der Waals surface area contributed by atoms with Crippen molar-refractivity contribution in [2.24, 2.45) is 0 Å². The standard InChI is InChI=1S/C31H37Cl2N3O4S/c1-6-23(5)34-31(38)28(7-2)35(19-24-14-17-26(32)27(33)18-24)30(37)20-36(29-11-9-8-10-22(29)4)41(39,40)25-15-12-21(3)13-16-25/h8-18,23,28H,6-7,19-20H2,1-5H3,(H,34,38)/t23-,28-/m0/s1. The Bertz CT molecular complexity index is 1480. The molecule has 3 rings (SSSR count). The number of halogens is 2. The lowest BCUT2D eigenvalue weighted by Crippen LogP contribution is -2.53. The summed E-state index contributed by atoms with van der Waals surface area (Å²) in [5.41, 5.74) is 2.64. The van der Waals surface area contributed by atoms with E-state index in [4.69, 9.17) is 23.2 Å². The number of sulfonamides is 1. The SMILES string of the molecule is CC[C@H](C)NC(=O)[C@H](CC)N(Cc1ccc(Cl)c(Cl)c1)C(=O)CN(c1ccccc1C)S(=O)(=O)c1ccc(C)cc1. The van der Waals surface area contributed by atoms with Crippen LogP contribution in [0.1, 0.15) is 50.3 Å². The minimum absolute atomic E-state index is 0.0361. The highest BCUT2D eigenvalue weighted by Gasteiger charge is 2.34. The maximum atomic E-state index is 14.2. The maximum absolute atomic E-state index is 14.2. The Hall–Kier alpha value is -3.07. The first-order valence-electron chi connectivity index (χ1n) is 13.6. The predicted octanol–water partition coefficient (Wildman–Crippen LogP) is 6.53. The second kappa shape index (κ2) is 14.2. The molecule has 0 aliphatic heterocycles. The van der Waals surface area contributed by atoms with Gasteiger partial charge >= 0.3 is 0 Å². The Morgan fingerprint density at radius 1 is 0.902 bits per heavy atom. The number of benzene rings is 3. The Kier molecular flexibility index (Phi) is 11.2. The molecule has 3 aromatic carbocycles. The van der Waals surface area contributed by atoms with E-state index in [1.165, 1.54) is 17.0 Å². The molecular formula is C31H37Cl2N3O4S. The Balaban J connectivity index is 2.09. The fraction of sp³-hybridized carbons (Fsp3) is 0.355. The Morgan fingerprint density at radius 2 is 1.56 bits per heavy atom. The van der Waals surface area contributed by atoms with Gasteiger partial charge in [0.15, 0.2) is 0 Å². The van der Waals surface area contributed by atoms with Gasteiger partial charge in [0.05, 0.1) is 20.6 Å². The van der Waals surface area contributed by atoms with Crippen LogP contribution >= 0.6 is 23.2 Å². The molecule has 2 amide bonds. The minimum Gasteiger partial charge on any atom is -0.352 e. The first kappa shape index (κ1) is 32.4. The molecule has 0 heterocycles. The van der Waals surface area contributed by atoms with E-state index < -0.39 is 28.5 Å². The normalized spacial score (nSPS) is 12.9. The molecule has 0 aliphatic rings. The molecule has 0 aliphatic carbocycles. The summed E-state index contributed by atoms with van der Waals surface area (Å²) < 4.78 is 29.1. The number of carbonyl (C=O) groups is 2. The van der Waals surface area contributed by atoms with Crippen LogP contribution in [0.5, 0.6) is 0 Å². The number of para-hydroxylation sites is 1. The molecule has 0 unspecified atom stereocenters. The van der Waals surface area contributed by atoms with Crippen molar-refractivity contribution < 1.29 is 18.0 Å². The lowest BCUT2D eigenvalue weighted by atomic mass is 10.1. The number of hydrogen-bond acceptors (Lipinski definition) is 4. The first-order valence-corrected chi connectivity index (χ1v) is 15.8. The van der Waals surface area contributed by atoms with Gasteiger partial charge in [0.25, 0.3) is 10.0 Å². The zero-order chi connectivity index (χ0) is 30.3. The summed E-state index contributed by atoms with van der Waals surface area (Å²) in [6.07, 6.45) is 1.04. The van der Waals surface area contributed by atoms with E-state index in [0.29, 0.717) is 33.3 Å². The van der Waals surface area contributed by atoms with Gasteiger partial charge in [-0.05, 0) is 75.1 Å². The van der Waals surface area contributed by atoms with Gasteiger partial charge < -0.3 is 10.2 Å². The van der Waals surface area contributed by atoms with Crippen molar-refractivity contribution in [2.75, 3.05) is 10.8 Å². The van der Waals surface area contributed by atoms with Gasteiger partial charge in [-0.1, -0.05) is 79.0 Å². The Morgan fingerprint density at radius 3 is 2.15 bits per heavy atom. The molecule has 220 valence electrons. The minimum atomic E-state index is -4.14. The van der Waals surface area contributed by atoms with Crippen LogP contribution in [0.4, 0.5) is 5.69 Å². The van der Waals surface area contributed by atoms with Crippen LogP contribution in [-0.2, 0) is 26.2 Å². The molecule has 7 nitrogen and oxygen atoms in total. The predicted molar refractivity (Wildman–Crippen MR) is 166 cm³/mol. The number of nitrogens with one attached hydrogen (secondary N) is 1. The summed E-state index contributed by atoms with van der Waals surface area (Å²) >= 11 is 12.4. The van der Waals surface area contributed by atoms with Gasteiger partial charge in [0, 0.05) is 12.6 Å². The van der Waals surface area contributed by atoms with E-state index >= 15 is 0 Å². The quantitative estimate of drug-likeness (QED) is 0.250. The van der Waals surface area contributed by atoms with Crippen molar-refractivity contribution in [1.82, 2.24) is 10.2 Å². The molecular weight excluding hydrogens is 581 g/mol. The number of nitrogens with zero attached hydrogens (tertiary/aromatic N) is 2. The third-order valence-corrected chi connectivity index (χ3v) is 9.51. The second-order valence-electron chi connectivity index (χ2n) is 10.1. The highest BCUT2D eigenvalue weighted by Crippen LogP contribution is 2.28. The average Bonchev–Trinajstić information content (AvgIpc) is 2.94. The van der Waals surface area contributed by atoms with Crippen LogP contribution < -0.4 is 9.62 Å². The van der Waals surface area contributed by atoms with Crippen molar-refractivity contribution in [3.63, 3.8) is 0 Å². The number of rotatable bonds is 12. The third-order valence-electron chi connectivity index (χ3n) is 7.00. The first-order chi connectivity index (χ1) is 19.4. The molecule has 41 heavy (non-hydrogen) atoms. The van der Waals surface area contributed by atoms with Crippen molar-refractivity contribution in [3.8, 4) is 0 Å². The molecule has 0 radical (unpaired) electrons. The van der Waals surface area contributed by atoms with Gasteiger partial charge in [-0.25, -0.2) is 8.42 Å². The summed E-state index contributed by atoms with van der Waals surface area (Å²) in [6.45, 7) is 8.86. The van der Waals surface area contributed by atoms with E-state index in [-0.39, 0.29) is 23.4 Å². The number of amides is 2.